The van der Waals surface area contributed by atoms with Crippen molar-refractivity contribution in [3.63, 3.8) is 0 Å². The van der Waals surface area contributed by atoms with Crippen molar-refractivity contribution in [1.82, 2.24) is 14.9 Å². The number of anilines is 2. The second-order valence-corrected chi connectivity index (χ2v) is 8.39. The first-order valence-electron chi connectivity index (χ1n) is 10.7. The molecule has 5 heteroatoms. The maximum atomic E-state index is 5.36. The number of pyridine rings is 2. The lowest BCUT2D eigenvalue weighted by molar-refractivity contribution is -0.0712. The molecule has 0 aliphatic carbocycles. The lowest BCUT2D eigenvalue weighted by Crippen LogP contribution is -2.51. The highest BCUT2D eigenvalue weighted by Gasteiger charge is 2.30. The number of nitrogens with one attached hydrogen (secondary N) is 1. The van der Waals surface area contributed by atoms with E-state index in [1.807, 2.05) is 6.20 Å². The molecule has 4 heterocycles. The summed E-state index contributed by atoms with van der Waals surface area (Å²) in [7, 11) is 0. The zero-order chi connectivity index (χ0) is 19.5. The molecule has 0 saturated carbocycles. The minimum atomic E-state index is 0.486. The highest BCUT2D eigenvalue weighted by molar-refractivity contribution is 5.54. The van der Waals surface area contributed by atoms with Gasteiger partial charge in [-0.15, -0.1) is 0 Å². The number of aromatic nitrogens is 2. The molecule has 150 valence electrons. The van der Waals surface area contributed by atoms with Crippen molar-refractivity contribution in [3.8, 4) is 0 Å². The van der Waals surface area contributed by atoms with Crippen LogP contribution in [-0.4, -0.2) is 47.2 Å². The van der Waals surface area contributed by atoms with Gasteiger partial charge in [0.2, 0.25) is 0 Å². The van der Waals surface area contributed by atoms with Gasteiger partial charge in [0.15, 0.2) is 0 Å². The Bertz CT molecular complexity index is 795. The molecule has 4 rings (SSSR count). The Morgan fingerprint density at radius 1 is 1.14 bits per heavy atom. The van der Waals surface area contributed by atoms with E-state index >= 15 is 0 Å². The van der Waals surface area contributed by atoms with E-state index in [0.717, 1.165) is 37.0 Å². The number of hydrogen-bond donors (Lipinski definition) is 1. The molecule has 2 fully saturated rings. The molecule has 0 atom stereocenters. The Kier molecular flexibility index (Phi) is 5.93. The molecule has 0 aromatic carbocycles. The molecular weight excluding hydrogens is 348 g/mol. The van der Waals surface area contributed by atoms with E-state index in [-0.39, 0.29) is 0 Å². The molecule has 5 nitrogen and oxygen atoms in total. The molecule has 2 aromatic heterocycles. The van der Waals surface area contributed by atoms with E-state index in [1.165, 1.54) is 37.1 Å². The molecule has 0 spiro atoms. The van der Waals surface area contributed by atoms with E-state index in [1.54, 1.807) is 0 Å². The van der Waals surface area contributed by atoms with Gasteiger partial charge in [0, 0.05) is 11.9 Å². The van der Waals surface area contributed by atoms with Crippen LogP contribution >= 0.6 is 0 Å². The zero-order valence-corrected chi connectivity index (χ0v) is 17.3. The molecule has 0 amide bonds. The van der Waals surface area contributed by atoms with Gasteiger partial charge < -0.3 is 10.1 Å². The quantitative estimate of drug-likeness (QED) is 0.800. The fraction of sp³-hybridized carbons (Fsp3) is 0.565. The van der Waals surface area contributed by atoms with Crippen LogP contribution in [0.25, 0.3) is 0 Å². The minimum Gasteiger partial charge on any atom is -0.378 e. The maximum Gasteiger partial charge on any atom is 0.132 e. The van der Waals surface area contributed by atoms with Crippen LogP contribution in [0.2, 0.25) is 0 Å². The zero-order valence-electron chi connectivity index (χ0n) is 17.3. The first-order chi connectivity index (χ1) is 13.6. The van der Waals surface area contributed by atoms with Crippen LogP contribution < -0.4 is 5.32 Å². The summed E-state index contributed by atoms with van der Waals surface area (Å²) in [5.74, 6) is 2.89. The number of nitrogens with zero attached hydrogens (tertiary/aromatic N) is 3. The summed E-state index contributed by atoms with van der Waals surface area (Å²) in [6.45, 7) is 10.7. The average molecular weight is 381 g/mol. The van der Waals surface area contributed by atoms with Gasteiger partial charge in [-0.1, -0.05) is 20.8 Å². The van der Waals surface area contributed by atoms with Gasteiger partial charge in [0.25, 0.3) is 0 Å². The first kappa shape index (κ1) is 19.3. The molecule has 0 radical (unpaired) electrons. The third-order valence-corrected chi connectivity index (χ3v) is 6.11. The van der Waals surface area contributed by atoms with Crippen LogP contribution in [0.4, 0.5) is 11.6 Å². The number of piperidine rings is 1. The van der Waals surface area contributed by atoms with Gasteiger partial charge in [-0.2, -0.15) is 0 Å². The molecule has 2 aliphatic heterocycles. The molecule has 1 N–H and O–H groups in total. The summed E-state index contributed by atoms with van der Waals surface area (Å²) in [4.78, 5) is 11.9. The first-order valence-corrected chi connectivity index (χ1v) is 10.7. The summed E-state index contributed by atoms with van der Waals surface area (Å²) in [5.41, 5.74) is 3.85. The number of ether oxygens (including phenoxy) is 1. The van der Waals surface area contributed by atoms with Crippen LogP contribution in [0.3, 0.4) is 0 Å². The third kappa shape index (κ3) is 4.36. The molecule has 2 saturated heterocycles. The summed E-state index contributed by atoms with van der Waals surface area (Å²) in [5, 5.41) is 3.45. The predicted octanol–water partition coefficient (Wildman–Crippen LogP) is 4.48. The van der Waals surface area contributed by atoms with E-state index in [9.17, 15) is 0 Å². The SMILES string of the molecule is CCc1cc(C2CCN(C3COC3)CC2)cc(Nc2cc(C(C)C)ccn2)n1. The number of aryl methyl sites for hydroxylation is 1. The summed E-state index contributed by atoms with van der Waals surface area (Å²) >= 11 is 0. The van der Waals surface area contributed by atoms with Crippen molar-refractivity contribution in [3.05, 3.63) is 47.3 Å². The van der Waals surface area contributed by atoms with Gasteiger partial charge in [0.05, 0.1) is 19.3 Å². The standard InChI is InChI=1S/C23H32N4O/c1-4-20-11-19(17-6-9-27(10-7-17)21-14-28-15-21)13-23(25-20)26-22-12-18(16(2)3)5-8-24-22/h5,8,11-13,16-17,21H,4,6-7,9-10,14-15H2,1-3H3,(H,24,25,26). The van der Waals surface area contributed by atoms with Gasteiger partial charge >= 0.3 is 0 Å². The van der Waals surface area contributed by atoms with E-state index in [2.05, 4.69) is 60.2 Å². The molecule has 2 aliphatic rings. The highest BCUT2D eigenvalue weighted by atomic mass is 16.5. The van der Waals surface area contributed by atoms with Crippen LogP contribution in [0.15, 0.2) is 30.5 Å². The maximum absolute atomic E-state index is 5.36. The van der Waals surface area contributed by atoms with Crippen LogP contribution in [0.1, 0.15) is 62.3 Å². The molecule has 2 aromatic rings. The van der Waals surface area contributed by atoms with Crippen molar-refractivity contribution >= 4 is 11.6 Å². The number of hydrogen-bond acceptors (Lipinski definition) is 5. The Hall–Kier alpha value is -1.98. The van der Waals surface area contributed by atoms with Crippen LogP contribution in [0, 0.1) is 0 Å². The number of likely N-dealkylation sites (tertiary alicyclic amines) is 1. The molecule has 28 heavy (non-hydrogen) atoms. The van der Waals surface area contributed by atoms with E-state index in [0.29, 0.717) is 17.9 Å². The second-order valence-electron chi connectivity index (χ2n) is 8.39. The Labute approximate surface area is 168 Å². The van der Waals surface area contributed by atoms with E-state index < -0.39 is 0 Å². The van der Waals surface area contributed by atoms with Gasteiger partial charge in [-0.05, 0) is 79.6 Å². The van der Waals surface area contributed by atoms with Gasteiger partial charge in [0.1, 0.15) is 11.6 Å². The number of rotatable bonds is 6. The fourth-order valence-corrected chi connectivity index (χ4v) is 4.13. The summed E-state index contributed by atoms with van der Waals surface area (Å²) in [6, 6.07) is 9.40. The normalized spacial score (nSPS) is 19.0. The lowest BCUT2D eigenvalue weighted by atomic mass is 9.88. The largest absolute Gasteiger partial charge is 0.378 e. The van der Waals surface area contributed by atoms with Gasteiger partial charge in [-0.25, -0.2) is 9.97 Å². The third-order valence-electron chi connectivity index (χ3n) is 6.11. The minimum absolute atomic E-state index is 0.486. The van der Waals surface area contributed by atoms with Crippen molar-refractivity contribution in [1.29, 1.82) is 0 Å². The van der Waals surface area contributed by atoms with Crippen LogP contribution in [0.5, 0.6) is 0 Å². The summed E-state index contributed by atoms with van der Waals surface area (Å²) < 4.78 is 5.36. The highest BCUT2D eigenvalue weighted by Crippen LogP contribution is 2.32. The Balaban J connectivity index is 1.49. The predicted molar refractivity (Wildman–Crippen MR) is 113 cm³/mol. The molecule has 0 bridgehead atoms. The fourth-order valence-electron chi connectivity index (χ4n) is 4.13. The van der Waals surface area contributed by atoms with E-state index in [4.69, 9.17) is 9.72 Å². The molecular formula is C23H32N4O. The van der Waals surface area contributed by atoms with Crippen molar-refractivity contribution < 1.29 is 4.74 Å². The topological polar surface area (TPSA) is 50.3 Å². The van der Waals surface area contributed by atoms with Crippen LogP contribution in [-0.2, 0) is 11.2 Å². The smallest absolute Gasteiger partial charge is 0.132 e. The monoisotopic (exact) mass is 380 g/mol. The Morgan fingerprint density at radius 3 is 2.57 bits per heavy atom. The lowest BCUT2D eigenvalue weighted by Gasteiger charge is -2.41. The summed E-state index contributed by atoms with van der Waals surface area (Å²) in [6.07, 6.45) is 5.25. The van der Waals surface area contributed by atoms with Crippen molar-refractivity contribution in [2.75, 3.05) is 31.6 Å². The van der Waals surface area contributed by atoms with Crippen molar-refractivity contribution in [2.24, 2.45) is 0 Å². The van der Waals surface area contributed by atoms with Crippen molar-refractivity contribution in [2.45, 2.75) is 57.9 Å². The van der Waals surface area contributed by atoms with Gasteiger partial charge in [-0.3, -0.25) is 4.90 Å². The molecule has 0 unspecified atom stereocenters. The average Bonchev–Trinajstić information content (AvgIpc) is 2.67. The second kappa shape index (κ2) is 8.58. The Morgan fingerprint density at radius 2 is 1.93 bits per heavy atom.